The van der Waals surface area contributed by atoms with Crippen LogP contribution in [0.15, 0.2) is 42.5 Å². The fourth-order valence-electron chi connectivity index (χ4n) is 2.71. The Bertz CT molecular complexity index is 550. The molecule has 2 aliphatic rings. The molecule has 3 rings (SSSR count). The van der Waals surface area contributed by atoms with Gasteiger partial charge in [0.1, 0.15) is 0 Å². The molecule has 0 N–H and O–H groups in total. The van der Waals surface area contributed by atoms with Gasteiger partial charge in [0.15, 0.2) is 0 Å². The molecule has 2 atom stereocenters. The van der Waals surface area contributed by atoms with Gasteiger partial charge in [0.05, 0.1) is 11.8 Å². The van der Waals surface area contributed by atoms with Crippen molar-refractivity contribution in [3.8, 4) is 0 Å². The van der Waals surface area contributed by atoms with Crippen LogP contribution in [0, 0.1) is 11.8 Å². The first-order chi connectivity index (χ1) is 9.20. The number of allylic oxidation sites excluding steroid dienone is 2. The number of hydrogen-bond acceptors (Lipinski definition) is 3. The average molecular weight is 255 g/mol. The molecular weight excluding hydrogens is 242 g/mol. The molecular formula is C15H13NO3. The molecule has 1 aromatic carbocycles. The van der Waals surface area contributed by atoms with Crippen molar-refractivity contribution < 1.29 is 14.4 Å². The van der Waals surface area contributed by atoms with E-state index >= 15 is 0 Å². The van der Waals surface area contributed by atoms with E-state index in [2.05, 4.69) is 0 Å². The minimum atomic E-state index is -0.509. The highest BCUT2D eigenvalue weighted by Crippen LogP contribution is 2.35. The van der Waals surface area contributed by atoms with Crippen LogP contribution in [0.25, 0.3) is 0 Å². The zero-order chi connectivity index (χ0) is 13.4. The van der Waals surface area contributed by atoms with Crippen LogP contribution >= 0.6 is 0 Å². The Morgan fingerprint density at radius 1 is 0.947 bits per heavy atom. The molecule has 3 amide bonds. The molecule has 0 saturated carbocycles. The van der Waals surface area contributed by atoms with Crippen molar-refractivity contribution in [2.24, 2.45) is 11.8 Å². The molecule has 0 aromatic heterocycles. The van der Waals surface area contributed by atoms with Crippen LogP contribution < -0.4 is 0 Å². The summed E-state index contributed by atoms with van der Waals surface area (Å²) in [7, 11) is 0. The number of likely N-dealkylation sites (tertiary alicyclic amines) is 1. The predicted molar refractivity (Wildman–Crippen MR) is 68.0 cm³/mol. The average Bonchev–Trinajstić information content (AvgIpc) is 2.72. The lowest BCUT2D eigenvalue weighted by atomic mass is 9.85. The van der Waals surface area contributed by atoms with Gasteiger partial charge in [0.25, 0.3) is 5.91 Å². The molecule has 4 heteroatoms. The van der Waals surface area contributed by atoms with E-state index in [9.17, 15) is 14.4 Å². The predicted octanol–water partition coefficient (Wildman–Crippen LogP) is 1.78. The van der Waals surface area contributed by atoms with Gasteiger partial charge < -0.3 is 0 Å². The van der Waals surface area contributed by atoms with Crippen LogP contribution in [-0.4, -0.2) is 22.6 Å². The summed E-state index contributed by atoms with van der Waals surface area (Å²) in [4.78, 5) is 37.5. The summed E-state index contributed by atoms with van der Waals surface area (Å²) in [5.74, 6) is -1.93. The Morgan fingerprint density at radius 2 is 1.47 bits per heavy atom. The normalized spacial score (nSPS) is 25.6. The van der Waals surface area contributed by atoms with E-state index in [1.165, 1.54) is 0 Å². The number of imide groups is 3. The van der Waals surface area contributed by atoms with E-state index in [0.717, 1.165) is 4.90 Å². The van der Waals surface area contributed by atoms with Crippen LogP contribution in [0.3, 0.4) is 0 Å². The molecule has 1 fully saturated rings. The van der Waals surface area contributed by atoms with Gasteiger partial charge in [-0.1, -0.05) is 30.4 Å². The van der Waals surface area contributed by atoms with E-state index in [-0.39, 0.29) is 23.7 Å². The zero-order valence-corrected chi connectivity index (χ0v) is 10.3. The van der Waals surface area contributed by atoms with Crippen LogP contribution in [0.4, 0.5) is 0 Å². The Hall–Kier alpha value is -2.23. The molecule has 19 heavy (non-hydrogen) atoms. The number of carbonyl (C=O) groups is 3. The molecule has 0 spiro atoms. The maximum atomic E-state index is 12.3. The number of carbonyl (C=O) groups excluding carboxylic acids is 3. The molecule has 1 heterocycles. The highest BCUT2D eigenvalue weighted by atomic mass is 16.2. The Kier molecular flexibility index (Phi) is 2.78. The third-order valence-electron chi connectivity index (χ3n) is 3.73. The largest absolute Gasteiger partial charge is 0.274 e. The van der Waals surface area contributed by atoms with Crippen molar-refractivity contribution in [2.45, 2.75) is 12.8 Å². The summed E-state index contributed by atoms with van der Waals surface area (Å²) in [6, 6.07) is 8.44. The lowest BCUT2D eigenvalue weighted by molar-refractivity contribution is -0.136. The van der Waals surface area contributed by atoms with E-state index < -0.39 is 5.91 Å². The van der Waals surface area contributed by atoms with Gasteiger partial charge >= 0.3 is 0 Å². The molecule has 1 aliphatic carbocycles. The lowest BCUT2D eigenvalue weighted by Gasteiger charge is -2.14. The maximum Gasteiger partial charge on any atom is 0.267 e. The van der Waals surface area contributed by atoms with Crippen LogP contribution in [-0.2, 0) is 9.59 Å². The van der Waals surface area contributed by atoms with E-state index in [1.807, 2.05) is 12.2 Å². The van der Waals surface area contributed by atoms with E-state index in [0.29, 0.717) is 18.4 Å². The number of rotatable bonds is 1. The first-order valence-corrected chi connectivity index (χ1v) is 6.32. The SMILES string of the molecule is O=C(c1ccccc1)N1C(=O)C2CC=CCC2C1=O. The number of nitrogens with zero attached hydrogens (tertiary/aromatic N) is 1. The fraction of sp³-hybridized carbons (Fsp3) is 0.267. The second-order valence-electron chi connectivity index (χ2n) is 4.84. The minimum Gasteiger partial charge on any atom is -0.274 e. The van der Waals surface area contributed by atoms with Gasteiger partial charge in [-0.25, -0.2) is 4.90 Å². The third kappa shape index (κ3) is 1.80. The second kappa shape index (κ2) is 4.46. The molecule has 1 aliphatic heterocycles. The summed E-state index contributed by atoms with van der Waals surface area (Å²) < 4.78 is 0. The van der Waals surface area contributed by atoms with Gasteiger partial charge in [0, 0.05) is 5.56 Å². The van der Waals surface area contributed by atoms with Crippen LogP contribution in [0.5, 0.6) is 0 Å². The van der Waals surface area contributed by atoms with Crippen molar-refractivity contribution in [1.29, 1.82) is 0 Å². The molecule has 4 nitrogen and oxygen atoms in total. The van der Waals surface area contributed by atoms with Gasteiger partial charge in [0.2, 0.25) is 11.8 Å². The molecule has 1 saturated heterocycles. The topological polar surface area (TPSA) is 54.5 Å². The second-order valence-corrected chi connectivity index (χ2v) is 4.84. The third-order valence-corrected chi connectivity index (χ3v) is 3.73. The molecule has 1 aromatic rings. The van der Waals surface area contributed by atoms with Gasteiger partial charge in [-0.2, -0.15) is 0 Å². The quantitative estimate of drug-likeness (QED) is 0.567. The zero-order valence-electron chi connectivity index (χ0n) is 10.3. The van der Waals surface area contributed by atoms with E-state index in [4.69, 9.17) is 0 Å². The first-order valence-electron chi connectivity index (χ1n) is 6.32. The van der Waals surface area contributed by atoms with Crippen molar-refractivity contribution in [2.75, 3.05) is 0 Å². The number of amides is 3. The lowest BCUT2D eigenvalue weighted by Crippen LogP contribution is -2.37. The number of fused-ring (bicyclic) bond motifs is 1. The maximum absolute atomic E-state index is 12.3. The van der Waals surface area contributed by atoms with Crippen LogP contribution in [0.2, 0.25) is 0 Å². The van der Waals surface area contributed by atoms with Crippen molar-refractivity contribution in [1.82, 2.24) is 4.90 Å². The van der Waals surface area contributed by atoms with Crippen molar-refractivity contribution in [3.63, 3.8) is 0 Å². The van der Waals surface area contributed by atoms with Crippen molar-refractivity contribution >= 4 is 17.7 Å². The summed E-state index contributed by atoms with van der Waals surface area (Å²) in [5.41, 5.74) is 0.371. The highest BCUT2D eigenvalue weighted by molar-refractivity contribution is 6.21. The van der Waals surface area contributed by atoms with E-state index in [1.54, 1.807) is 30.3 Å². The van der Waals surface area contributed by atoms with Crippen LogP contribution in [0.1, 0.15) is 23.2 Å². The fourth-order valence-corrected chi connectivity index (χ4v) is 2.71. The summed E-state index contributed by atoms with van der Waals surface area (Å²) in [6.07, 6.45) is 4.91. The molecule has 2 unspecified atom stereocenters. The Morgan fingerprint density at radius 3 is 2.00 bits per heavy atom. The summed E-state index contributed by atoms with van der Waals surface area (Å²) >= 11 is 0. The number of benzene rings is 1. The van der Waals surface area contributed by atoms with Gasteiger partial charge in [-0.15, -0.1) is 0 Å². The molecule has 0 radical (unpaired) electrons. The summed E-state index contributed by atoms with van der Waals surface area (Å²) in [6.45, 7) is 0. The highest BCUT2D eigenvalue weighted by Gasteiger charge is 2.49. The minimum absolute atomic E-state index is 0.354. The summed E-state index contributed by atoms with van der Waals surface area (Å²) in [5, 5.41) is 0. The monoisotopic (exact) mass is 255 g/mol. The molecule has 0 bridgehead atoms. The molecule has 96 valence electrons. The Balaban J connectivity index is 1.92. The number of hydrogen-bond donors (Lipinski definition) is 0. The van der Waals surface area contributed by atoms with Gasteiger partial charge in [-0.3, -0.25) is 14.4 Å². The van der Waals surface area contributed by atoms with Crippen molar-refractivity contribution in [3.05, 3.63) is 48.0 Å². The standard InChI is InChI=1S/C15H13NO3/c17-13(10-6-2-1-3-7-10)16-14(18)11-8-4-5-9-12(11)15(16)19/h1-7,11-12H,8-9H2. The smallest absolute Gasteiger partial charge is 0.267 e. The van der Waals surface area contributed by atoms with Gasteiger partial charge in [-0.05, 0) is 25.0 Å². The first kappa shape index (κ1) is 11.8. The Labute approximate surface area is 110 Å².